The first-order chi connectivity index (χ1) is 9.63. The molecule has 0 saturated heterocycles. The van der Waals surface area contributed by atoms with Crippen LogP contribution in [0.2, 0.25) is 4.34 Å². The number of halogens is 1. The van der Waals surface area contributed by atoms with Crippen molar-refractivity contribution in [1.29, 1.82) is 0 Å². The van der Waals surface area contributed by atoms with Gasteiger partial charge in [-0.1, -0.05) is 35.9 Å². The molecule has 1 unspecified atom stereocenters. The van der Waals surface area contributed by atoms with Crippen LogP contribution in [0.4, 0.5) is 0 Å². The second kappa shape index (κ2) is 5.48. The largest absolute Gasteiger partial charge is 0.387 e. The van der Waals surface area contributed by atoms with Crippen LogP contribution >= 0.6 is 22.9 Å². The van der Waals surface area contributed by atoms with Crippen molar-refractivity contribution >= 4 is 22.9 Å². The van der Waals surface area contributed by atoms with Crippen molar-refractivity contribution in [2.75, 3.05) is 0 Å². The summed E-state index contributed by atoms with van der Waals surface area (Å²) < 4.78 is 0.773. The highest BCUT2D eigenvalue weighted by molar-refractivity contribution is 7.16. The number of nitrogens with two attached hydrogens (primary N) is 1. The molecule has 0 saturated carbocycles. The van der Waals surface area contributed by atoms with Gasteiger partial charge in [0.15, 0.2) is 0 Å². The predicted molar refractivity (Wildman–Crippen MR) is 82.1 cm³/mol. The SMILES string of the molecule is Cc1ccccc1CN1OC(N)=CC1c1ccc(Cl)s1. The van der Waals surface area contributed by atoms with Gasteiger partial charge >= 0.3 is 0 Å². The molecular weight excluding hydrogens is 292 g/mol. The van der Waals surface area contributed by atoms with Crippen LogP contribution in [0.3, 0.4) is 0 Å². The van der Waals surface area contributed by atoms with Crippen molar-refractivity contribution < 1.29 is 4.84 Å². The molecule has 2 aromatic rings. The molecule has 3 nitrogen and oxygen atoms in total. The van der Waals surface area contributed by atoms with Crippen LogP contribution in [0, 0.1) is 6.92 Å². The number of benzene rings is 1. The van der Waals surface area contributed by atoms with E-state index in [9.17, 15) is 0 Å². The first-order valence-corrected chi connectivity index (χ1v) is 7.54. The fourth-order valence-corrected chi connectivity index (χ4v) is 3.39. The first-order valence-electron chi connectivity index (χ1n) is 6.35. The molecule has 5 heteroatoms. The van der Waals surface area contributed by atoms with Gasteiger partial charge in [0.1, 0.15) is 6.04 Å². The fraction of sp³-hybridized carbons (Fsp3) is 0.200. The molecule has 104 valence electrons. The van der Waals surface area contributed by atoms with Gasteiger partial charge in [-0.15, -0.1) is 16.4 Å². The number of nitrogens with zero attached hydrogens (tertiary/aromatic N) is 1. The zero-order valence-corrected chi connectivity index (χ0v) is 12.6. The molecule has 0 fully saturated rings. The second-order valence-electron chi connectivity index (χ2n) is 4.75. The van der Waals surface area contributed by atoms with Crippen LogP contribution in [-0.2, 0) is 11.4 Å². The molecule has 1 aromatic heterocycles. The summed E-state index contributed by atoms with van der Waals surface area (Å²) in [5.74, 6) is 0.438. The standard InChI is InChI=1S/C15H15ClN2OS/c1-10-4-2-3-5-11(10)9-18-12(8-15(17)19-18)13-6-7-14(16)20-13/h2-8,12H,9,17H2,1H3. The molecule has 0 radical (unpaired) electrons. The Bertz CT molecular complexity index is 653. The van der Waals surface area contributed by atoms with Gasteiger partial charge in [0.05, 0.1) is 10.9 Å². The van der Waals surface area contributed by atoms with Crippen LogP contribution < -0.4 is 5.73 Å². The quantitative estimate of drug-likeness (QED) is 0.931. The minimum Gasteiger partial charge on any atom is -0.387 e. The van der Waals surface area contributed by atoms with E-state index in [1.54, 1.807) is 11.3 Å². The summed E-state index contributed by atoms with van der Waals surface area (Å²) in [4.78, 5) is 6.76. The Kier molecular flexibility index (Phi) is 3.70. The maximum atomic E-state index is 6.02. The van der Waals surface area contributed by atoms with Crippen molar-refractivity contribution in [2.45, 2.75) is 19.5 Å². The monoisotopic (exact) mass is 306 g/mol. The summed E-state index contributed by atoms with van der Waals surface area (Å²) in [7, 11) is 0. The van der Waals surface area contributed by atoms with Crippen molar-refractivity contribution in [1.82, 2.24) is 5.06 Å². The number of hydrogen-bond acceptors (Lipinski definition) is 4. The van der Waals surface area contributed by atoms with E-state index < -0.39 is 0 Å². The minimum atomic E-state index is 0.0205. The third-order valence-electron chi connectivity index (χ3n) is 3.33. The van der Waals surface area contributed by atoms with E-state index in [-0.39, 0.29) is 6.04 Å². The van der Waals surface area contributed by atoms with Crippen LogP contribution in [0.15, 0.2) is 48.4 Å². The van der Waals surface area contributed by atoms with E-state index in [4.69, 9.17) is 22.2 Å². The van der Waals surface area contributed by atoms with Gasteiger partial charge in [-0.2, -0.15) is 0 Å². The Balaban J connectivity index is 1.84. The smallest absolute Gasteiger partial charge is 0.207 e. The van der Waals surface area contributed by atoms with Crippen molar-refractivity contribution in [3.8, 4) is 0 Å². The maximum Gasteiger partial charge on any atom is 0.207 e. The fourth-order valence-electron chi connectivity index (χ4n) is 2.26. The van der Waals surface area contributed by atoms with Crippen LogP contribution in [0.1, 0.15) is 22.0 Å². The highest BCUT2D eigenvalue weighted by atomic mass is 35.5. The van der Waals surface area contributed by atoms with Gasteiger partial charge in [-0.25, -0.2) is 0 Å². The molecule has 3 rings (SSSR count). The molecule has 1 atom stereocenters. The number of hydrogen-bond donors (Lipinski definition) is 1. The van der Waals surface area contributed by atoms with Crippen molar-refractivity contribution in [3.63, 3.8) is 0 Å². The Morgan fingerprint density at radius 1 is 1.30 bits per heavy atom. The number of rotatable bonds is 3. The van der Waals surface area contributed by atoms with Crippen LogP contribution in [-0.4, -0.2) is 5.06 Å². The van der Waals surface area contributed by atoms with Crippen LogP contribution in [0.5, 0.6) is 0 Å². The van der Waals surface area contributed by atoms with Gasteiger partial charge < -0.3 is 10.6 Å². The lowest BCUT2D eigenvalue weighted by molar-refractivity contribution is -0.127. The molecule has 1 aliphatic rings. The zero-order valence-electron chi connectivity index (χ0n) is 11.0. The Morgan fingerprint density at radius 2 is 2.10 bits per heavy atom. The van der Waals surface area contributed by atoms with E-state index in [0.29, 0.717) is 12.4 Å². The summed E-state index contributed by atoms with van der Waals surface area (Å²) >= 11 is 7.56. The second-order valence-corrected chi connectivity index (χ2v) is 6.50. The van der Waals surface area contributed by atoms with Gasteiger partial charge in [0, 0.05) is 11.0 Å². The van der Waals surface area contributed by atoms with E-state index in [1.165, 1.54) is 11.1 Å². The van der Waals surface area contributed by atoms with Gasteiger partial charge in [-0.05, 0) is 30.2 Å². The van der Waals surface area contributed by atoms with Gasteiger partial charge in [-0.3, -0.25) is 0 Å². The number of aryl methyl sites for hydroxylation is 1. The number of thiophene rings is 1. The average molecular weight is 307 g/mol. The van der Waals surface area contributed by atoms with Gasteiger partial charge in [0.2, 0.25) is 5.88 Å². The predicted octanol–water partition coefficient (Wildman–Crippen LogP) is 4.00. The van der Waals surface area contributed by atoms with E-state index in [1.807, 2.05) is 35.4 Å². The molecule has 0 amide bonds. The maximum absolute atomic E-state index is 6.02. The molecule has 0 bridgehead atoms. The molecule has 0 aliphatic carbocycles. The average Bonchev–Trinajstić information content (AvgIpc) is 2.98. The Hall–Kier alpha value is -1.49. The summed E-state index contributed by atoms with van der Waals surface area (Å²) in [6, 6.07) is 12.2. The lowest BCUT2D eigenvalue weighted by atomic mass is 10.1. The molecule has 20 heavy (non-hydrogen) atoms. The van der Waals surface area contributed by atoms with E-state index in [0.717, 1.165) is 9.21 Å². The minimum absolute atomic E-state index is 0.0205. The van der Waals surface area contributed by atoms with Gasteiger partial charge in [0.25, 0.3) is 0 Å². The van der Waals surface area contributed by atoms with E-state index in [2.05, 4.69) is 19.1 Å². The lowest BCUT2D eigenvalue weighted by Crippen LogP contribution is -2.23. The van der Waals surface area contributed by atoms with Crippen molar-refractivity contribution in [3.05, 3.63) is 68.7 Å². The molecule has 2 N–H and O–H groups in total. The first kappa shape index (κ1) is 13.5. The zero-order chi connectivity index (χ0) is 14.1. The summed E-state index contributed by atoms with van der Waals surface area (Å²) in [5, 5.41) is 1.89. The molecule has 1 aliphatic heterocycles. The Labute approximate surface area is 127 Å². The third-order valence-corrected chi connectivity index (χ3v) is 4.63. The van der Waals surface area contributed by atoms with Crippen molar-refractivity contribution in [2.24, 2.45) is 5.73 Å². The summed E-state index contributed by atoms with van der Waals surface area (Å²) in [5.41, 5.74) is 8.29. The molecule has 0 spiro atoms. The summed E-state index contributed by atoms with van der Waals surface area (Å²) in [6.45, 7) is 2.78. The molecule has 1 aromatic carbocycles. The normalized spacial score (nSPS) is 18.9. The summed E-state index contributed by atoms with van der Waals surface area (Å²) in [6.07, 6.45) is 1.92. The molecule has 2 heterocycles. The highest BCUT2D eigenvalue weighted by Gasteiger charge is 2.28. The molecular formula is C15H15ClN2OS. The lowest BCUT2D eigenvalue weighted by Gasteiger charge is -2.22. The number of hydroxylamine groups is 2. The van der Waals surface area contributed by atoms with E-state index >= 15 is 0 Å². The highest BCUT2D eigenvalue weighted by Crippen LogP contribution is 2.36. The Morgan fingerprint density at radius 3 is 2.80 bits per heavy atom. The third kappa shape index (κ3) is 2.68. The topological polar surface area (TPSA) is 38.5 Å². The van der Waals surface area contributed by atoms with Crippen LogP contribution in [0.25, 0.3) is 0 Å².